The number of rotatable bonds is 0. The van der Waals surface area contributed by atoms with Gasteiger partial charge in [0.2, 0.25) is 0 Å². The number of hydrogen-bond donors (Lipinski definition) is 0. The Hall–Kier alpha value is -1.62. The largest absolute Gasteiger partial charge is 0.294 e. The molecule has 0 aromatic rings. The van der Waals surface area contributed by atoms with Crippen LogP contribution in [0.4, 0.5) is 0 Å². The summed E-state index contributed by atoms with van der Waals surface area (Å²) in [5, 5.41) is 9.94. The lowest BCUT2D eigenvalue weighted by Gasteiger charge is -2.67. The number of fused-ring (bicyclic) bond motifs is 7. The van der Waals surface area contributed by atoms with E-state index in [2.05, 4.69) is 72.8 Å². The molecule has 0 saturated heterocycles. The first-order valence-electron chi connectivity index (χ1n) is 12.8. The molecule has 5 rings (SSSR count). The molecule has 5 aliphatic rings. The molecule has 0 radical (unpaired) electrons. The number of carbonyl (C=O) groups is 1. The first-order valence-corrected chi connectivity index (χ1v) is 12.8. The van der Waals surface area contributed by atoms with Crippen LogP contribution in [-0.4, -0.2) is 5.78 Å². The van der Waals surface area contributed by atoms with Gasteiger partial charge in [-0.2, -0.15) is 5.26 Å². The van der Waals surface area contributed by atoms with Crippen molar-refractivity contribution in [3.05, 3.63) is 35.5 Å². The van der Waals surface area contributed by atoms with Crippen molar-refractivity contribution in [2.45, 2.75) is 93.4 Å². The van der Waals surface area contributed by atoms with Crippen molar-refractivity contribution >= 4 is 5.78 Å². The fraction of sp³-hybridized carbons (Fsp3) is 0.733. The summed E-state index contributed by atoms with van der Waals surface area (Å²) in [5.41, 5.74) is 3.15. The highest BCUT2D eigenvalue weighted by Crippen LogP contribution is 2.73. The first-order chi connectivity index (χ1) is 14.8. The van der Waals surface area contributed by atoms with Gasteiger partial charge in [0.25, 0.3) is 0 Å². The van der Waals surface area contributed by atoms with Crippen LogP contribution < -0.4 is 0 Å². The van der Waals surface area contributed by atoms with Crippen LogP contribution in [0, 0.1) is 55.7 Å². The van der Waals surface area contributed by atoms with E-state index in [0.717, 1.165) is 25.7 Å². The molecule has 3 saturated carbocycles. The maximum atomic E-state index is 12.8. The van der Waals surface area contributed by atoms with Gasteiger partial charge in [-0.05, 0) is 86.0 Å². The van der Waals surface area contributed by atoms with Crippen LogP contribution in [0.3, 0.4) is 0 Å². The van der Waals surface area contributed by atoms with Gasteiger partial charge in [-0.15, -0.1) is 0 Å². The molecule has 2 heteroatoms. The second-order valence-corrected chi connectivity index (χ2v) is 13.7. The van der Waals surface area contributed by atoms with Crippen LogP contribution in [0.1, 0.15) is 93.4 Å². The fourth-order valence-electron chi connectivity index (χ4n) is 9.09. The third kappa shape index (κ3) is 2.49. The van der Waals surface area contributed by atoms with Gasteiger partial charge >= 0.3 is 0 Å². The second kappa shape index (κ2) is 6.28. The zero-order chi connectivity index (χ0) is 23.4. The highest BCUT2D eigenvalue weighted by molar-refractivity contribution is 5.96. The predicted octanol–water partition coefficient (Wildman–Crippen LogP) is 7.58. The summed E-state index contributed by atoms with van der Waals surface area (Å²) in [6.45, 7) is 16.5. The minimum atomic E-state index is -0.306. The van der Waals surface area contributed by atoms with Crippen molar-refractivity contribution in [3.63, 3.8) is 0 Å². The number of nitrogens with zero attached hydrogens (tertiary/aromatic N) is 1. The Kier molecular flexibility index (Phi) is 4.35. The molecular formula is C30H41NO. The van der Waals surface area contributed by atoms with E-state index >= 15 is 0 Å². The Morgan fingerprint density at radius 3 is 2.28 bits per heavy atom. The van der Waals surface area contributed by atoms with E-state index in [1.165, 1.54) is 19.3 Å². The highest BCUT2D eigenvalue weighted by Gasteiger charge is 2.65. The first kappa shape index (κ1) is 22.2. The normalized spacial score (nSPS) is 51.2. The summed E-state index contributed by atoms with van der Waals surface area (Å²) in [5.74, 6) is 1.14. The number of allylic oxidation sites excluding steroid dienone is 6. The van der Waals surface area contributed by atoms with Gasteiger partial charge in [0.05, 0.1) is 11.5 Å². The molecular weight excluding hydrogens is 390 g/mol. The molecule has 5 aliphatic carbocycles. The van der Waals surface area contributed by atoms with Crippen LogP contribution in [0.15, 0.2) is 35.5 Å². The summed E-state index contributed by atoms with van der Waals surface area (Å²) in [6.07, 6.45) is 17.0. The van der Waals surface area contributed by atoms with Crippen LogP contribution in [-0.2, 0) is 4.79 Å². The number of ketones is 1. The Labute approximate surface area is 195 Å². The molecule has 7 atom stereocenters. The van der Waals surface area contributed by atoms with Gasteiger partial charge in [-0.3, -0.25) is 4.79 Å². The molecule has 2 nitrogen and oxygen atoms in total. The summed E-state index contributed by atoms with van der Waals surface area (Å²) in [4.78, 5) is 12.8. The van der Waals surface area contributed by atoms with Crippen molar-refractivity contribution in [1.82, 2.24) is 0 Å². The Balaban J connectivity index is 1.66. The molecule has 0 aliphatic heterocycles. The molecule has 172 valence electrons. The molecule has 0 spiro atoms. The van der Waals surface area contributed by atoms with E-state index in [1.54, 1.807) is 11.1 Å². The van der Waals surface area contributed by atoms with Gasteiger partial charge in [-0.1, -0.05) is 70.9 Å². The molecule has 0 heterocycles. The van der Waals surface area contributed by atoms with Crippen molar-refractivity contribution in [2.75, 3.05) is 0 Å². The maximum Gasteiger partial charge on any atom is 0.161 e. The van der Waals surface area contributed by atoms with Crippen LogP contribution in [0.2, 0.25) is 0 Å². The lowest BCUT2D eigenvalue weighted by atomic mass is 9.37. The number of nitriles is 1. The van der Waals surface area contributed by atoms with Crippen LogP contribution >= 0.6 is 0 Å². The van der Waals surface area contributed by atoms with Crippen LogP contribution in [0.5, 0.6) is 0 Å². The van der Waals surface area contributed by atoms with Crippen LogP contribution in [0.25, 0.3) is 0 Å². The zero-order valence-electron chi connectivity index (χ0n) is 21.3. The third-order valence-corrected chi connectivity index (χ3v) is 11.8. The lowest BCUT2D eigenvalue weighted by Crippen LogP contribution is -2.59. The quantitative estimate of drug-likeness (QED) is 0.397. The summed E-state index contributed by atoms with van der Waals surface area (Å²) >= 11 is 0. The van der Waals surface area contributed by atoms with Crippen molar-refractivity contribution in [1.29, 1.82) is 5.26 Å². The minimum absolute atomic E-state index is 0.0655. The Morgan fingerprint density at radius 2 is 1.59 bits per heavy atom. The van der Waals surface area contributed by atoms with Gasteiger partial charge in [0.1, 0.15) is 0 Å². The van der Waals surface area contributed by atoms with E-state index in [0.29, 0.717) is 17.3 Å². The molecule has 0 bridgehead atoms. The topological polar surface area (TPSA) is 40.9 Å². The van der Waals surface area contributed by atoms with Gasteiger partial charge < -0.3 is 0 Å². The monoisotopic (exact) mass is 431 g/mol. The predicted molar refractivity (Wildman–Crippen MR) is 130 cm³/mol. The van der Waals surface area contributed by atoms with E-state index in [-0.39, 0.29) is 32.9 Å². The Morgan fingerprint density at radius 1 is 0.906 bits per heavy atom. The average molecular weight is 432 g/mol. The maximum absolute atomic E-state index is 12.8. The lowest BCUT2D eigenvalue weighted by molar-refractivity contribution is -0.131. The van der Waals surface area contributed by atoms with Gasteiger partial charge in [0, 0.05) is 10.8 Å². The molecule has 0 amide bonds. The van der Waals surface area contributed by atoms with Gasteiger partial charge in [0.15, 0.2) is 5.78 Å². The standard InChI is InChI=1S/C30H41NO/c1-25(2)22-10-13-30(7)23(28(22,5)12-11-24(25)32)9-8-20-21-18-26(3,19-31)14-15-27(21,4)16-17-29(20,30)6/h8-9,11-12,21-22H,10,13-18H2,1-7H3/t21-,22-,26-,27+,28-,29+,30+/m0/s1. The Bertz CT molecular complexity index is 1020. The molecule has 0 aromatic heterocycles. The minimum Gasteiger partial charge on any atom is -0.294 e. The summed E-state index contributed by atoms with van der Waals surface area (Å²) in [7, 11) is 0. The number of carbonyl (C=O) groups excluding carboxylic acids is 1. The highest BCUT2D eigenvalue weighted by atomic mass is 16.1. The van der Waals surface area contributed by atoms with E-state index in [9.17, 15) is 10.1 Å². The summed E-state index contributed by atoms with van der Waals surface area (Å²) < 4.78 is 0. The zero-order valence-corrected chi connectivity index (χ0v) is 21.3. The van der Waals surface area contributed by atoms with Crippen molar-refractivity contribution in [2.24, 2.45) is 44.3 Å². The van der Waals surface area contributed by atoms with E-state index in [1.807, 2.05) is 6.08 Å². The average Bonchev–Trinajstić information content (AvgIpc) is 2.73. The van der Waals surface area contributed by atoms with Crippen molar-refractivity contribution < 1.29 is 4.79 Å². The molecule has 3 fully saturated rings. The number of hydrogen-bond acceptors (Lipinski definition) is 2. The molecule has 0 unspecified atom stereocenters. The summed E-state index contributed by atoms with van der Waals surface area (Å²) in [6, 6.07) is 2.68. The smallest absolute Gasteiger partial charge is 0.161 e. The third-order valence-electron chi connectivity index (χ3n) is 11.8. The van der Waals surface area contributed by atoms with Crippen molar-refractivity contribution in [3.8, 4) is 6.07 Å². The van der Waals surface area contributed by atoms with Gasteiger partial charge in [-0.25, -0.2) is 0 Å². The molecule has 0 N–H and O–H groups in total. The van der Waals surface area contributed by atoms with E-state index in [4.69, 9.17) is 0 Å². The molecule has 32 heavy (non-hydrogen) atoms. The fourth-order valence-corrected chi connectivity index (χ4v) is 9.09. The second-order valence-electron chi connectivity index (χ2n) is 13.7. The SMILES string of the molecule is CC1(C)C(=O)C=C[C@]2(C)C3=CC=C4[C@@H]5C[C@@](C)(C#N)CC[C@]5(C)CC[C@@]4(C)[C@]3(C)CC[C@@H]12. The van der Waals surface area contributed by atoms with E-state index < -0.39 is 0 Å². The molecule has 0 aromatic carbocycles.